The second-order valence-corrected chi connectivity index (χ2v) is 5.91. The van der Waals surface area contributed by atoms with Crippen LogP contribution in [0.5, 0.6) is 0 Å². The maximum Gasteiger partial charge on any atom is 0.124 e. The van der Waals surface area contributed by atoms with Crippen molar-refractivity contribution in [3.05, 3.63) is 69.2 Å². The molecule has 0 radical (unpaired) electrons. The summed E-state index contributed by atoms with van der Waals surface area (Å²) in [5.74, 6) is -0.562. The lowest BCUT2D eigenvalue weighted by molar-refractivity contribution is 0.578. The molecule has 0 saturated heterocycles. The van der Waals surface area contributed by atoms with Crippen LogP contribution in [0.4, 0.5) is 8.78 Å². The van der Waals surface area contributed by atoms with E-state index >= 15 is 0 Å². The lowest BCUT2D eigenvalue weighted by Crippen LogP contribution is -2.24. The van der Waals surface area contributed by atoms with Crippen molar-refractivity contribution in [3.8, 4) is 0 Å². The average molecular weight is 354 g/mol. The highest BCUT2D eigenvalue weighted by Crippen LogP contribution is 2.31. The quantitative estimate of drug-likeness (QED) is 0.785. The predicted octanol–water partition coefficient (Wildman–Crippen LogP) is 5.12. The highest BCUT2D eigenvalue weighted by Gasteiger charge is 2.19. The summed E-state index contributed by atoms with van der Waals surface area (Å²) in [6, 6.07) is 9.18. The van der Waals surface area contributed by atoms with Gasteiger partial charge >= 0.3 is 0 Å². The number of hydrogen-bond donors (Lipinski definition) is 1. The number of halogens is 3. The van der Waals surface area contributed by atoms with Crippen LogP contribution in [0, 0.1) is 18.6 Å². The fraction of sp³-hybridized carbons (Fsp3) is 0.294. The van der Waals surface area contributed by atoms with Crippen LogP contribution < -0.4 is 5.32 Å². The summed E-state index contributed by atoms with van der Waals surface area (Å²) >= 11 is 3.41. The molecule has 0 fully saturated rings. The fourth-order valence-corrected chi connectivity index (χ4v) is 2.91. The van der Waals surface area contributed by atoms with Gasteiger partial charge < -0.3 is 5.32 Å². The highest BCUT2D eigenvalue weighted by atomic mass is 79.9. The molecule has 2 aromatic rings. The molecule has 0 amide bonds. The minimum atomic E-state index is -0.296. The Morgan fingerprint density at radius 2 is 1.71 bits per heavy atom. The van der Waals surface area contributed by atoms with E-state index in [1.165, 1.54) is 18.2 Å². The lowest BCUT2D eigenvalue weighted by atomic mass is 9.94. The fourth-order valence-electron chi connectivity index (χ4n) is 2.33. The van der Waals surface area contributed by atoms with E-state index in [9.17, 15) is 8.78 Å². The van der Waals surface area contributed by atoms with Gasteiger partial charge in [-0.25, -0.2) is 8.78 Å². The van der Waals surface area contributed by atoms with E-state index in [4.69, 9.17) is 0 Å². The van der Waals surface area contributed by atoms with Crippen LogP contribution in [-0.2, 0) is 0 Å². The maximum atomic E-state index is 13.6. The summed E-state index contributed by atoms with van der Waals surface area (Å²) in [5.41, 5.74) is 2.77. The van der Waals surface area contributed by atoms with Crippen molar-refractivity contribution in [2.45, 2.75) is 26.3 Å². The van der Waals surface area contributed by atoms with E-state index in [-0.39, 0.29) is 17.7 Å². The largest absolute Gasteiger partial charge is 0.306 e. The number of rotatable bonds is 5. The van der Waals surface area contributed by atoms with Crippen molar-refractivity contribution in [1.29, 1.82) is 0 Å². The number of hydrogen-bond acceptors (Lipinski definition) is 1. The Kier molecular flexibility index (Phi) is 5.48. The zero-order valence-corrected chi connectivity index (χ0v) is 13.7. The monoisotopic (exact) mass is 353 g/mol. The van der Waals surface area contributed by atoms with Crippen LogP contribution in [0.2, 0.25) is 0 Å². The molecule has 1 nitrogen and oxygen atoms in total. The van der Waals surface area contributed by atoms with E-state index in [0.29, 0.717) is 4.47 Å². The molecular formula is C17H18BrF2N. The van der Waals surface area contributed by atoms with Crippen molar-refractivity contribution in [3.63, 3.8) is 0 Å². The van der Waals surface area contributed by atoms with Crippen molar-refractivity contribution < 1.29 is 8.78 Å². The minimum absolute atomic E-state index is 0.171. The number of nitrogens with one attached hydrogen (secondary N) is 1. The zero-order chi connectivity index (χ0) is 15.4. The Morgan fingerprint density at radius 1 is 1.05 bits per heavy atom. The number of benzene rings is 2. The van der Waals surface area contributed by atoms with E-state index in [1.807, 2.05) is 6.92 Å². The van der Waals surface area contributed by atoms with Crippen LogP contribution in [-0.4, -0.2) is 6.54 Å². The molecule has 112 valence electrons. The summed E-state index contributed by atoms with van der Waals surface area (Å²) in [4.78, 5) is 0. The Morgan fingerprint density at radius 3 is 2.38 bits per heavy atom. The van der Waals surface area contributed by atoms with Gasteiger partial charge in [-0.1, -0.05) is 35.0 Å². The Balaban J connectivity index is 2.49. The van der Waals surface area contributed by atoms with Crippen molar-refractivity contribution in [2.24, 2.45) is 0 Å². The van der Waals surface area contributed by atoms with Gasteiger partial charge in [0.05, 0.1) is 6.04 Å². The lowest BCUT2D eigenvalue weighted by Gasteiger charge is -2.23. The van der Waals surface area contributed by atoms with E-state index < -0.39 is 0 Å². The first-order valence-electron chi connectivity index (χ1n) is 6.97. The molecule has 0 spiro atoms. The summed E-state index contributed by atoms with van der Waals surface area (Å²) in [6.45, 7) is 4.82. The third-order valence-corrected chi connectivity index (χ3v) is 4.11. The first-order chi connectivity index (χ1) is 10.0. The molecule has 0 aliphatic carbocycles. The van der Waals surface area contributed by atoms with Crippen LogP contribution in [0.25, 0.3) is 0 Å². The van der Waals surface area contributed by atoms with Crippen LogP contribution >= 0.6 is 15.9 Å². The Bertz CT molecular complexity index is 628. The predicted molar refractivity (Wildman–Crippen MR) is 85.4 cm³/mol. The summed E-state index contributed by atoms with van der Waals surface area (Å²) in [6.07, 6.45) is 0.962. The molecule has 0 aliphatic heterocycles. The molecule has 21 heavy (non-hydrogen) atoms. The first-order valence-corrected chi connectivity index (χ1v) is 7.76. The maximum absolute atomic E-state index is 13.6. The third-order valence-electron chi connectivity index (χ3n) is 3.42. The highest BCUT2D eigenvalue weighted by molar-refractivity contribution is 9.10. The zero-order valence-electron chi connectivity index (χ0n) is 12.1. The van der Waals surface area contributed by atoms with Gasteiger partial charge in [-0.05, 0) is 60.8 Å². The molecule has 1 N–H and O–H groups in total. The summed E-state index contributed by atoms with van der Waals surface area (Å²) in [7, 11) is 0. The van der Waals surface area contributed by atoms with Gasteiger partial charge in [0.2, 0.25) is 0 Å². The van der Waals surface area contributed by atoms with Gasteiger partial charge in [-0.3, -0.25) is 0 Å². The second-order valence-electron chi connectivity index (χ2n) is 5.05. The molecule has 4 heteroatoms. The van der Waals surface area contributed by atoms with Gasteiger partial charge in [0.25, 0.3) is 0 Å². The molecule has 0 aliphatic rings. The molecule has 1 unspecified atom stereocenters. The van der Waals surface area contributed by atoms with E-state index in [1.54, 1.807) is 18.2 Å². The van der Waals surface area contributed by atoms with Gasteiger partial charge in [0, 0.05) is 4.47 Å². The molecule has 0 heterocycles. The van der Waals surface area contributed by atoms with E-state index in [2.05, 4.69) is 28.2 Å². The van der Waals surface area contributed by atoms with Crippen LogP contribution in [0.1, 0.15) is 36.1 Å². The minimum Gasteiger partial charge on any atom is -0.306 e. The summed E-state index contributed by atoms with van der Waals surface area (Å²) < 4.78 is 27.6. The SMILES string of the molecule is CCCNC(c1cc(F)ccc1C)c1ccc(F)cc1Br. The molecule has 0 aromatic heterocycles. The van der Waals surface area contributed by atoms with Crippen LogP contribution in [0.3, 0.4) is 0 Å². The van der Waals surface area contributed by atoms with Gasteiger partial charge in [-0.15, -0.1) is 0 Å². The van der Waals surface area contributed by atoms with Gasteiger partial charge in [0.15, 0.2) is 0 Å². The third kappa shape index (κ3) is 3.89. The normalized spacial score (nSPS) is 12.4. The van der Waals surface area contributed by atoms with Crippen LogP contribution in [0.15, 0.2) is 40.9 Å². The van der Waals surface area contributed by atoms with Crippen molar-refractivity contribution in [2.75, 3.05) is 6.54 Å². The van der Waals surface area contributed by atoms with Gasteiger partial charge in [0.1, 0.15) is 11.6 Å². The molecule has 0 bridgehead atoms. The van der Waals surface area contributed by atoms with E-state index in [0.717, 1.165) is 29.7 Å². The summed E-state index contributed by atoms with van der Waals surface area (Å²) in [5, 5.41) is 3.41. The first kappa shape index (κ1) is 16.1. The average Bonchev–Trinajstić information content (AvgIpc) is 2.44. The molecular weight excluding hydrogens is 336 g/mol. The second kappa shape index (κ2) is 7.14. The van der Waals surface area contributed by atoms with Crippen molar-refractivity contribution >= 4 is 15.9 Å². The smallest absolute Gasteiger partial charge is 0.124 e. The van der Waals surface area contributed by atoms with Crippen molar-refractivity contribution in [1.82, 2.24) is 5.32 Å². The Hall–Kier alpha value is -1.26. The molecule has 2 rings (SSSR count). The van der Waals surface area contributed by atoms with Gasteiger partial charge in [-0.2, -0.15) is 0 Å². The molecule has 0 saturated carbocycles. The topological polar surface area (TPSA) is 12.0 Å². The molecule has 1 atom stereocenters. The number of aryl methyl sites for hydroxylation is 1. The molecule has 2 aromatic carbocycles. The standard InChI is InChI=1S/C17H18BrF2N/c1-3-8-21-17(14-7-6-13(20)10-16(14)18)15-9-12(19)5-4-11(15)2/h4-7,9-10,17,21H,3,8H2,1-2H3. The Labute approximate surface area is 132 Å².